The smallest absolute Gasteiger partial charge is 0.235 e. The molecule has 1 N–H and O–H groups in total. The average molecular weight is 331 g/mol. The number of halogens is 2. The third kappa shape index (κ3) is 4.33. The molecule has 8 heteroatoms. The summed E-state index contributed by atoms with van der Waals surface area (Å²) in [5.41, 5.74) is 0.217. The summed E-state index contributed by atoms with van der Waals surface area (Å²) >= 11 is 1.02. The lowest BCUT2D eigenvalue weighted by Crippen LogP contribution is -2.29. The predicted octanol–water partition coefficient (Wildman–Crippen LogP) is 2.12. The van der Waals surface area contributed by atoms with Gasteiger partial charge >= 0.3 is 0 Å². The van der Waals surface area contributed by atoms with Gasteiger partial charge in [-0.15, -0.1) is 11.3 Å². The van der Waals surface area contributed by atoms with Crippen LogP contribution in [-0.4, -0.2) is 20.1 Å². The van der Waals surface area contributed by atoms with Crippen molar-refractivity contribution in [3.63, 3.8) is 0 Å². The lowest BCUT2D eigenvalue weighted by atomic mass is 10.2. The maximum Gasteiger partial charge on any atom is 0.235 e. The molecule has 0 spiro atoms. The molecule has 2 rings (SSSR count). The molecule has 0 unspecified atom stereocenters. The minimum Gasteiger partial charge on any atom is -0.351 e. The molecular weight excluding hydrogens is 320 g/mol. The number of benzene rings is 1. The number of sulfone groups is 1. The number of carbonyl (C=O) groups excluding carboxylic acids is 1. The SMILES string of the molecule is O=C(CS(=O)(=O)c1cccs1)NCc1cc(F)cc(F)c1. The molecule has 1 aromatic carbocycles. The van der Waals surface area contributed by atoms with Gasteiger partial charge in [-0.05, 0) is 29.1 Å². The highest BCUT2D eigenvalue weighted by molar-refractivity contribution is 7.94. The average Bonchev–Trinajstić information content (AvgIpc) is 2.89. The molecule has 21 heavy (non-hydrogen) atoms. The van der Waals surface area contributed by atoms with E-state index in [9.17, 15) is 22.0 Å². The lowest BCUT2D eigenvalue weighted by Gasteiger charge is -2.06. The van der Waals surface area contributed by atoms with Crippen LogP contribution in [0.2, 0.25) is 0 Å². The third-order valence-electron chi connectivity index (χ3n) is 2.53. The lowest BCUT2D eigenvalue weighted by molar-refractivity contribution is -0.118. The normalized spacial score (nSPS) is 11.3. The number of rotatable bonds is 5. The molecule has 1 aromatic heterocycles. The first-order valence-electron chi connectivity index (χ1n) is 5.85. The van der Waals surface area contributed by atoms with Gasteiger partial charge in [-0.2, -0.15) is 0 Å². The maximum absolute atomic E-state index is 13.0. The van der Waals surface area contributed by atoms with E-state index in [0.29, 0.717) is 6.07 Å². The van der Waals surface area contributed by atoms with Gasteiger partial charge in [0.15, 0.2) is 9.84 Å². The highest BCUT2D eigenvalue weighted by Crippen LogP contribution is 2.17. The van der Waals surface area contributed by atoms with Gasteiger partial charge in [0, 0.05) is 12.6 Å². The number of hydrogen-bond donors (Lipinski definition) is 1. The zero-order chi connectivity index (χ0) is 15.5. The molecule has 0 aliphatic heterocycles. The molecule has 4 nitrogen and oxygen atoms in total. The van der Waals surface area contributed by atoms with Crippen molar-refractivity contribution in [2.75, 3.05) is 5.75 Å². The van der Waals surface area contributed by atoms with Crippen LogP contribution in [0.25, 0.3) is 0 Å². The molecule has 0 saturated heterocycles. The minimum atomic E-state index is -3.68. The summed E-state index contributed by atoms with van der Waals surface area (Å²) < 4.78 is 49.7. The molecule has 0 saturated carbocycles. The van der Waals surface area contributed by atoms with Crippen molar-refractivity contribution >= 4 is 27.1 Å². The van der Waals surface area contributed by atoms with Crippen molar-refractivity contribution in [3.8, 4) is 0 Å². The minimum absolute atomic E-state index is 0.106. The Morgan fingerprint density at radius 1 is 1.19 bits per heavy atom. The first kappa shape index (κ1) is 15.6. The van der Waals surface area contributed by atoms with Gasteiger partial charge in [0.25, 0.3) is 0 Å². The summed E-state index contributed by atoms with van der Waals surface area (Å²) in [4.78, 5) is 11.6. The third-order valence-corrected chi connectivity index (χ3v) is 5.64. The van der Waals surface area contributed by atoms with E-state index in [-0.39, 0.29) is 16.3 Å². The Bertz CT molecular complexity index is 723. The van der Waals surface area contributed by atoms with Gasteiger partial charge in [0.2, 0.25) is 5.91 Å². The first-order chi connectivity index (χ1) is 9.87. The fraction of sp³-hybridized carbons (Fsp3) is 0.154. The summed E-state index contributed by atoms with van der Waals surface area (Å²) in [6, 6.07) is 5.83. The van der Waals surface area contributed by atoms with E-state index in [0.717, 1.165) is 23.5 Å². The summed E-state index contributed by atoms with van der Waals surface area (Å²) in [5.74, 6) is -2.95. The molecule has 0 radical (unpaired) electrons. The van der Waals surface area contributed by atoms with Gasteiger partial charge < -0.3 is 5.32 Å². The molecule has 1 heterocycles. The van der Waals surface area contributed by atoms with Crippen LogP contribution in [-0.2, 0) is 21.2 Å². The second-order valence-electron chi connectivity index (χ2n) is 4.25. The largest absolute Gasteiger partial charge is 0.351 e. The number of hydrogen-bond acceptors (Lipinski definition) is 4. The van der Waals surface area contributed by atoms with Gasteiger partial charge in [0.1, 0.15) is 21.6 Å². The van der Waals surface area contributed by atoms with E-state index in [1.54, 1.807) is 11.4 Å². The number of thiophene rings is 1. The fourth-order valence-corrected chi connectivity index (χ4v) is 3.90. The Balaban J connectivity index is 1.96. The van der Waals surface area contributed by atoms with Gasteiger partial charge in [-0.3, -0.25) is 4.79 Å². The van der Waals surface area contributed by atoms with E-state index in [1.165, 1.54) is 6.07 Å². The predicted molar refractivity (Wildman–Crippen MR) is 74.6 cm³/mol. The highest BCUT2D eigenvalue weighted by atomic mass is 32.2. The first-order valence-corrected chi connectivity index (χ1v) is 8.38. The molecule has 0 atom stereocenters. The zero-order valence-electron chi connectivity index (χ0n) is 10.7. The molecular formula is C13H11F2NO3S2. The second-order valence-corrected chi connectivity index (χ2v) is 7.41. The number of amides is 1. The van der Waals surface area contributed by atoms with Gasteiger partial charge in [-0.1, -0.05) is 6.07 Å². The Hall–Kier alpha value is -1.80. The molecule has 2 aromatic rings. The summed E-state index contributed by atoms with van der Waals surface area (Å²) in [5, 5.41) is 3.92. The Morgan fingerprint density at radius 2 is 1.86 bits per heavy atom. The Labute approximate surface area is 124 Å². The van der Waals surface area contributed by atoms with Crippen LogP contribution in [0.5, 0.6) is 0 Å². The standard InChI is InChI=1S/C13H11F2NO3S2/c14-10-4-9(5-11(15)6-10)7-16-12(17)8-21(18,19)13-2-1-3-20-13/h1-6H,7-8H2,(H,16,17). The molecule has 0 fully saturated rings. The molecule has 112 valence electrons. The van der Waals surface area contributed by atoms with E-state index in [4.69, 9.17) is 0 Å². The topological polar surface area (TPSA) is 63.2 Å². The fourth-order valence-electron chi connectivity index (χ4n) is 1.65. The molecule has 0 bridgehead atoms. The van der Waals surface area contributed by atoms with Crippen molar-refractivity contribution in [1.29, 1.82) is 0 Å². The van der Waals surface area contributed by atoms with Crippen LogP contribution in [0.4, 0.5) is 8.78 Å². The van der Waals surface area contributed by atoms with E-state index in [2.05, 4.69) is 5.32 Å². The number of nitrogens with one attached hydrogen (secondary N) is 1. The van der Waals surface area contributed by atoms with E-state index in [1.807, 2.05) is 0 Å². The van der Waals surface area contributed by atoms with Crippen LogP contribution in [0.1, 0.15) is 5.56 Å². The van der Waals surface area contributed by atoms with Crippen molar-refractivity contribution in [1.82, 2.24) is 5.32 Å². The van der Waals surface area contributed by atoms with Gasteiger partial charge in [-0.25, -0.2) is 17.2 Å². The quantitative estimate of drug-likeness (QED) is 0.913. The number of carbonyl (C=O) groups is 1. The zero-order valence-corrected chi connectivity index (χ0v) is 12.3. The second kappa shape index (κ2) is 6.31. The van der Waals surface area contributed by atoms with E-state index < -0.39 is 33.1 Å². The van der Waals surface area contributed by atoms with Crippen LogP contribution in [0.3, 0.4) is 0 Å². The monoisotopic (exact) mass is 331 g/mol. The van der Waals surface area contributed by atoms with Crippen LogP contribution in [0, 0.1) is 11.6 Å². The van der Waals surface area contributed by atoms with Crippen molar-refractivity contribution in [2.45, 2.75) is 10.8 Å². The highest BCUT2D eigenvalue weighted by Gasteiger charge is 2.20. The Kier molecular flexibility index (Phi) is 4.69. The van der Waals surface area contributed by atoms with E-state index >= 15 is 0 Å². The molecule has 1 amide bonds. The maximum atomic E-state index is 13.0. The summed E-state index contributed by atoms with van der Waals surface area (Å²) in [6.07, 6.45) is 0. The Morgan fingerprint density at radius 3 is 2.43 bits per heavy atom. The molecule has 0 aliphatic carbocycles. The van der Waals surface area contributed by atoms with Gasteiger partial charge in [0.05, 0.1) is 0 Å². The van der Waals surface area contributed by atoms with Crippen molar-refractivity contribution in [2.24, 2.45) is 0 Å². The van der Waals surface area contributed by atoms with Crippen LogP contribution < -0.4 is 5.32 Å². The van der Waals surface area contributed by atoms with Crippen LogP contribution >= 0.6 is 11.3 Å². The van der Waals surface area contributed by atoms with Crippen molar-refractivity contribution in [3.05, 3.63) is 52.9 Å². The van der Waals surface area contributed by atoms with Crippen LogP contribution in [0.15, 0.2) is 39.9 Å². The summed E-state index contributed by atoms with van der Waals surface area (Å²) in [7, 11) is -3.68. The van der Waals surface area contributed by atoms with Crippen molar-refractivity contribution < 1.29 is 22.0 Å². The summed E-state index contributed by atoms with van der Waals surface area (Å²) in [6.45, 7) is -0.145. The molecule has 0 aliphatic rings.